The van der Waals surface area contributed by atoms with Crippen LogP contribution in [0.1, 0.15) is 23.8 Å². The number of hydrogen-bond donors (Lipinski definition) is 0. The van der Waals surface area contributed by atoms with Gasteiger partial charge in [0.1, 0.15) is 17.4 Å². The summed E-state index contributed by atoms with van der Waals surface area (Å²) < 4.78 is 4.54. The Hall–Kier alpha value is -1.69. The summed E-state index contributed by atoms with van der Waals surface area (Å²) in [6.07, 6.45) is 3.37. The predicted octanol–water partition coefficient (Wildman–Crippen LogP) is 1.16. The number of halogens is 1. The summed E-state index contributed by atoms with van der Waals surface area (Å²) in [5.41, 5.74) is 0.111. The van der Waals surface area contributed by atoms with E-state index in [1.54, 1.807) is 0 Å². The highest BCUT2D eigenvalue weighted by Gasteiger charge is 2.20. The van der Waals surface area contributed by atoms with Gasteiger partial charge in [-0.25, -0.2) is 4.98 Å². The van der Waals surface area contributed by atoms with Crippen LogP contribution in [0.25, 0.3) is 0 Å². The minimum absolute atomic E-state index is 0.111. The van der Waals surface area contributed by atoms with Crippen molar-refractivity contribution in [1.82, 2.24) is 14.9 Å². The van der Waals surface area contributed by atoms with Crippen LogP contribution < -0.4 is 0 Å². The summed E-state index contributed by atoms with van der Waals surface area (Å²) in [7, 11) is 1.27. The van der Waals surface area contributed by atoms with Gasteiger partial charge >= 0.3 is 5.97 Å². The number of nitrogens with zero attached hydrogens (tertiary/aromatic N) is 3. The summed E-state index contributed by atoms with van der Waals surface area (Å²) in [6.45, 7) is 2.22. The largest absolute Gasteiger partial charge is 0.468 e. The number of carbonyl (C=O) groups is 2. The number of methoxy groups -OCH3 is 1. The SMILES string of the molecule is CCCN(CC(=O)OC)C(=O)c1cncc(Cl)n1. The molecule has 1 heterocycles. The highest BCUT2D eigenvalue weighted by molar-refractivity contribution is 6.29. The fraction of sp³-hybridized carbons (Fsp3) is 0.455. The lowest BCUT2D eigenvalue weighted by Gasteiger charge is -2.19. The number of ether oxygens (including phenoxy) is 1. The molecule has 1 amide bonds. The molecule has 0 atom stereocenters. The van der Waals surface area contributed by atoms with E-state index in [1.807, 2.05) is 6.92 Å². The second kappa shape index (κ2) is 6.90. The Bertz CT molecular complexity index is 439. The molecule has 0 spiro atoms. The Balaban J connectivity index is 2.85. The second-order valence-electron chi connectivity index (χ2n) is 3.53. The smallest absolute Gasteiger partial charge is 0.325 e. The minimum atomic E-state index is -0.480. The molecule has 0 N–H and O–H groups in total. The number of rotatable bonds is 5. The van der Waals surface area contributed by atoms with Gasteiger partial charge in [0.05, 0.1) is 19.5 Å². The van der Waals surface area contributed by atoms with E-state index in [-0.39, 0.29) is 17.4 Å². The van der Waals surface area contributed by atoms with Gasteiger partial charge in [-0.1, -0.05) is 18.5 Å². The maximum absolute atomic E-state index is 12.1. The molecular weight excluding hydrogens is 258 g/mol. The molecule has 0 saturated carbocycles. The molecule has 0 radical (unpaired) electrons. The number of hydrogen-bond acceptors (Lipinski definition) is 5. The molecule has 7 heteroatoms. The molecule has 18 heavy (non-hydrogen) atoms. The molecule has 0 aliphatic carbocycles. The summed E-state index contributed by atoms with van der Waals surface area (Å²) in [6, 6.07) is 0. The Kier molecular flexibility index (Phi) is 5.51. The lowest BCUT2D eigenvalue weighted by atomic mass is 10.3. The van der Waals surface area contributed by atoms with E-state index in [2.05, 4.69) is 14.7 Å². The van der Waals surface area contributed by atoms with E-state index < -0.39 is 11.9 Å². The van der Waals surface area contributed by atoms with E-state index in [0.29, 0.717) is 6.54 Å². The molecule has 0 bridgehead atoms. The van der Waals surface area contributed by atoms with E-state index in [9.17, 15) is 9.59 Å². The topological polar surface area (TPSA) is 72.4 Å². The van der Waals surface area contributed by atoms with Crippen molar-refractivity contribution in [2.75, 3.05) is 20.2 Å². The maximum atomic E-state index is 12.1. The van der Waals surface area contributed by atoms with Gasteiger partial charge in [-0.3, -0.25) is 14.6 Å². The lowest BCUT2D eigenvalue weighted by Crippen LogP contribution is -2.37. The van der Waals surface area contributed by atoms with E-state index in [0.717, 1.165) is 6.42 Å². The summed E-state index contributed by atoms with van der Waals surface area (Å²) in [4.78, 5) is 32.3. The van der Waals surface area contributed by atoms with Gasteiger partial charge in [-0.2, -0.15) is 0 Å². The molecule has 0 unspecified atom stereocenters. The van der Waals surface area contributed by atoms with Gasteiger partial charge in [0.25, 0.3) is 5.91 Å². The average molecular weight is 272 g/mol. The Morgan fingerprint density at radius 3 is 2.72 bits per heavy atom. The molecule has 0 saturated heterocycles. The molecular formula is C11H14ClN3O3. The number of esters is 1. The van der Waals surface area contributed by atoms with Crippen LogP contribution in [0, 0.1) is 0 Å². The quantitative estimate of drug-likeness (QED) is 0.752. The van der Waals surface area contributed by atoms with Gasteiger partial charge in [0, 0.05) is 6.54 Å². The van der Waals surface area contributed by atoms with Gasteiger partial charge in [-0.15, -0.1) is 0 Å². The molecule has 6 nitrogen and oxygen atoms in total. The third-order valence-electron chi connectivity index (χ3n) is 2.15. The predicted molar refractivity (Wildman–Crippen MR) is 65.3 cm³/mol. The molecule has 98 valence electrons. The minimum Gasteiger partial charge on any atom is -0.468 e. The Morgan fingerprint density at radius 1 is 1.44 bits per heavy atom. The zero-order valence-electron chi connectivity index (χ0n) is 10.2. The lowest BCUT2D eigenvalue weighted by molar-refractivity contribution is -0.141. The van der Waals surface area contributed by atoms with E-state index in [1.165, 1.54) is 24.4 Å². The monoisotopic (exact) mass is 271 g/mol. The van der Waals surface area contributed by atoms with Gasteiger partial charge < -0.3 is 9.64 Å². The summed E-state index contributed by atoms with van der Waals surface area (Å²) in [5.74, 6) is -0.871. The first kappa shape index (κ1) is 14.4. The molecule has 0 fully saturated rings. The van der Waals surface area contributed by atoms with Crippen LogP contribution in [0.15, 0.2) is 12.4 Å². The van der Waals surface area contributed by atoms with Crippen LogP contribution in [0.3, 0.4) is 0 Å². The van der Waals surface area contributed by atoms with Crippen molar-refractivity contribution in [3.8, 4) is 0 Å². The van der Waals surface area contributed by atoms with Crippen molar-refractivity contribution >= 4 is 23.5 Å². The van der Waals surface area contributed by atoms with Crippen molar-refractivity contribution in [3.05, 3.63) is 23.2 Å². The van der Waals surface area contributed by atoms with Crippen molar-refractivity contribution < 1.29 is 14.3 Å². The highest BCUT2D eigenvalue weighted by atomic mass is 35.5. The van der Waals surface area contributed by atoms with Gasteiger partial charge in [0.2, 0.25) is 0 Å². The van der Waals surface area contributed by atoms with Crippen molar-refractivity contribution in [2.24, 2.45) is 0 Å². The fourth-order valence-electron chi connectivity index (χ4n) is 1.35. The van der Waals surface area contributed by atoms with Gasteiger partial charge in [-0.05, 0) is 6.42 Å². The van der Waals surface area contributed by atoms with Crippen LogP contribution >= 0.6 is 11.6 Å². The molecule has 1 rings (SSSR count). The third-order valence-corrected chi connectivity index (χ3v) is 2.33. The van der Waals surface area contributed by atoms with Crippen LogP contribution in [-0.4, -0.2) is 46.9 Å². The maximum Gasteiger partial charge on any atom is 0.325 e. The molecule has 1 aromatic heterocycles. The zero-order valence-corrected chi connectivity index (χ0v) is 11.0. The average Bonchev–Trinajstić information content (AvgIpc) is 2.37. The second-order valence-corrected chi connectivity index (χ2v) is 3.92. The Morgan fingerprint density at radius 2 is 2.17 bits per heavy atom. The standard InChI is InChI=1S/C11H14ClN3O3/c1-3-4-15(7-10(16)18-2)11(17)8-5-13-6-9(12)14-8/h5-6H,3-4,7H2,1-2H3. The molecule has 0 aromatic carbocycles. The third kappa shape index (κ3) is 3.96. The number of amides is 1. The van der Waals surface area contributed by atoms with Crippen LogP contribution in [0.4, 0.5) is 0 Å². The first-order valence-electron chi connectivity index (χ1n) is 5.42. The first-order valence-corrected chi connectivity index (χ1v) is 5.80. The normalized spacial score (nSPS) is 9.94. The molecule has 0 aliphatic rings. The van der Waals surface area contributed by atoms with Crippen LogP contribution in [-0.2, 0) is 9.53 Å². The zero-order chi connectivity index (χ0) is 13.5. The first-order chi connectivity index (χ1) is 8.58. The Labute approximate surface area is 110 Å². The fourth-order valence-corrected chi connectivity index (χ4v) is 1.50. The van der Waals surface area contributed by atoms with Crippen LogP contribution in [0.5, 0.6) is 0 Å². The summed E-state index contributed by atoms with van der Waals surface area (Å²) in [5, 5.41) is 0.135. The van der Waals surface area contributed by atoms with Gasteiger partial charge in [0.15, 0.2) is 0 Å². The van der Waals surface area contributed by atoms with Crippen LogP contribution in [0.2, 0.25) is 5.15 Å². The molecule has 0 aliphatic heterocycles. The van der Waals surface area contributed by atoms with E-state index >= 15 is 0 Å². The van der Waals surface area contributed by atoms with Crippen molar-refractivity contribution in [1.29, 1.82) is 0 Å². The molecule has 1 aromatic rings. The van der Waals surface area contributed by atoms with Crippen molar-refractivity contribution in [3.63, 3.8) is 0 Å². The van der Waals surface area contributed by atoms with Crippen molar-refractivity contribution in [2.45, 2.75) is 13.3 Å². The highest BCUT2D eigenvalue weighted by Crippen LogP contribution is 2.06. The summed E-state index contributed by atoms with van der Waals surface area (Å²) >= 11 is 5.67. The number of carbonyl (C=O) groups excluding carboxylic acids is 2. The van der Waals surface area contributed by atoms with E-state index in [4.69, 9.17) is 11.6 Å². The number of aromatic nitrogens is 2.